The fraction of sp³-hybridized carbons (Fsp3) is 0.0588. The average molecular weight is 291 g/mol. The predicted molar refractivity (Wildman–Crippen MR) is 85.0 cm³/mol. The number of oxazole rings is 1. The Hall–Kier alpha value is -3.08. The maximum atomic E-state index is 12.4. The van der Waals surface area contributed by atoms with Gasteiger partial charge in [0.15, 0.2) is 11.5 Å². The second-order valence-corrected chi connectivity index (χ2v) is 5.15. The van der Waals surface area contributed by atoms with Gasteiger partial charge in [0, 0.05) is 35.3 Å². The van der Waals surface area contributed by atoms with Gasteiger partial charge in [-0.15, -0.1) is 0 Å². The third-order valence-corrected chi connectivity index (χ3v) is 3.57. The Morgan fingerprint density at radius 2 is 2.09 bits per heavy atom. The van der Waals surface area contributed by atoms with Crippen LogP contribution in [0.2, 0.25) is 0 Å². The van der Waals surface area contributed by atoms with Crippen molar-refractivity contribution in [1.29, 1.82) is 0 Å². The molecular formula is C17H13N3O2. The van der Waals surface area contributed by atoms with E-state index in [0.29, 0.717) is 22.7 Å². The van der Waals surface area contributed by atoms with Crippen molar-refractivity contribution in [3.05, 3.63) is 60.1 Å². The molecule has 0 atom stereocenters. The SMILES string of the molecule is Cc1nc2cc(NC(=O)c3ccc4[nH]ccc4c3)ccc2o1. The van der Waals surface area contributed by atoms with Crippen molar-refractivity contribution in [3.8, 4) is 0 Å². The summed E-state index contributed by atoms with van der Waals surface area (Å²) in [6.45, 7) is 1.80. The molecule has 0 saturated carbocycles. The van der Waals surface area contributed by atoms with Crippen molar-refractivity contribution in [2.75, 3.05) is 5.32 Å². The highest BCUT2D eigenvalue weighted by Crippen LogP contribution is 2.21. The normalized spacial score (nSPS) is 11.1. The molecule has 0 aliphatic heterocycles. The number of hydrogen-bond donors (Lipinski definition) is 2. The number of nitrogens with zero attached hydrogens (tertiary/aromatic N) is 1. The van der Waals surface area contributed by atoms with Gasteiger partial charge in [0.2, 0.25) is 0 Å². The minimum atomic E-state index is -0.150. The van der Waals surface area contributed by atoms with Crippen molar-refractivity contribution in [3.63, 3.8) is 0 Å². The molecule has 0 saturated heterocycles. The van der Waals surface area contributed by atoms with Crippen LogP contribution in [0.3, 0.4) is 0 Å². The molecule has 4 rings (SSSR count). The average Bonchev–Trinajstić information content (AvgIpc) is 3.10. The van der Waals surface area contributed by atoms with Gasteiger partial charge in [-0.1, -0.05) is 0 Å². The van der Waals surface area contributed by atoms with Gasteiger partial charge in [0.1, 0.15) is 5.52 Å². The zero-order valence-corrected chi connectivity index (χ0v) is 11.9. The molecule has 0 radical (unpaired) electrons. The van der Waals surface area contributed by atoms with Crippen molar-refractivity contribution in [2.24, 2.45) is 0 Å². The van der Waals surface area contributed by atoms with Crippen molar-refractivity contribution in [1.82, 2.24) is 9.97 Å². The van der Waals surface area contributed by atoms with Crippen LogP contribution in [-0.4, -0.2) is 15.9 Å². The molecule has 0 aliphatic carbocycles. The van der Waals surface area contributed by atoms with E-state index in [9.17, 15) is 4.79 Å². The molecule has 2 heterocycles. The van der Waals surface area contributed by atoms with Crippen LogP contribution in [0, 0.1) is 6.92 Å². The molecule has 2 aromatic carbocycles. The lowest BCUT2D eigenvalue weighted by atomic mass is 10.1. The van der Waals surface area contributed by atoms with E-state index in [0.717, 1.165) is 16.4 Å². The Morgan fingerprint density at radius 3 is 3.00 bits per heavy atom. The predicted octanol–water partition coefficient (Wildman–Crippen LogP) is 3.87. The minimum absolute atomic E-state index is 0.150. The molecule has 5 nitrogen and oxygen atoms in total. The number of aryl methyl sites for hydroxylation is 1. The molecule has 22 heavy (non-hydrogen) atoms. The van der Waals surface area contributed by atoms with E-state index in [4.69, 9.17) is 4.42 Å². The van der Waals surface area contributed by atoms with Crippen LogP contribution < -0.4 is 5.32 Å². The van der Waals surface area contributed by atoms with Crippen molar-refractivity contribution < 1.29 is 9.21 Å². The number of hydrogen-bond acceptors (Lipinski definition) is 3. The summed E-state index contributed by atoms with van der Waals surface area (Å²) >= 11 is 0. The van der Waals surface area contributed by atoms with Crippen LogP contribution in [0.4, 0.5) is 5.69 Å². The first-order valence-electron chi connectivity index (χ1n) is 6.95. The molecular weight excluding hydrogens is 278 g/mol. The van der Waals surface area contributed by atoms with Gasteiger partial charge in [-0.2, -0.15) is 0 Å². The van der Waals surface area contributed by atoms with Crippen LogP contribution >= 0.6 is 0 Å². The monoisotopic (exact) mass is 291 g/mol. The first-order chi connectivity index (χ1) is 10.7. The summed E-state index contributed by atoms with van der Waals surface area (Å²) in [7, 11) is 0. The van der Waals surface area contributed by atoms with Crippen LogP contribution in [0.1, 0.15) is 16.2 Å². The van der Waals surface area contributed by atoms with E-state index in [2.05, 4.69) is 15.3 Å². The first-order valence-corrected chi connectivity index (χ1v) is 6.95. The zero-order valence-electron chi connectivity index (χ0n) is 11.9. The van der Waals surface area contributed by atoms with E-state index >= 15 is 0 Å². The molecule has 1 amide bonds. The largest absolute Gasteiger partial charge is 0.441 e. The Labute approximate surface area is 126 Å². The van der Waals surface area contributed by atoms with Gasteiger partial charge in [-0.3, -0.25) is 4.79 Å². The van der Waals surface area contributed by atoms with E-state index in [-0.39, 0.29) is 5.91 Å². The maximum absolute atomic E-state index is 12.4. The Kier molecular flexibility index (Phi) is 2.72. The summed E-state index contributed by atoms with van der Waals surface area (Å²) in [5.41, 5.74) is 3.76. The van der Waals surface area contributed by atoms with Gasteiger partial charge in [0.25, 0.3) is 5.91 Å². The minimum Gasteiger partial charge on any atom is -0.441 e. The highest BCUT2D eigenvalue weighted by atomic mass is 16.3. The molecule has 5 heteroatoms. The summed E-state index contributed by atoms with van der Waals surface area (Å²) in [4.78, 5) is 19.7. The number of H-pyrrole nitrogens is 1. The molecule has 4 aromatic rings. The summed E-state index contributed by atoms with van der Waals surface area (Å²) in [6, 6.07) is 12.9. The lowest BCUT2D eigenvalue weighted by molar-refractivity contribution is 0.102. The van der Waals surface area contributed by atoms with Crippen molar-refractivity contribution >= 4 is 33.6 Å². The summed E-state index contributed by atoms with van der Waals surface area (Å²) in [6.07, 6.45) is 1.85. The summed E-state index contributed by atoms with van der Waals surface area (Å²) in [5, 5.41) is 3.90. The molecule has 0 aliphatic rings. The fourth-order valence-corrected chi connectivity index (χ4v) is 2.52. The van der Waals surface area contributed by atoms with Gasteiger partial charge < -0.3 is 14.7 Å². The van der Waals surface area contributed by atoms with E-state index < -0.39 is 0 Å². The Morgan fingerprint density at radius 1 is 1.18 bits per heavy atom. The fourth-order valence-electron chi connectivity index (χ4n) is 2.52. The number of nitrogens with one attached hydrogen (secondary N) is 2. The van der Waals surface area contributed by atoms with Crippen LogP contribution in [0.25, 0.3) is 22.0 Å². The van der Waals surface area contributed by atoms with Gasteiger partial charge in [-0.05, 0) is 42.5 Å². The molecule has 0 fully saturated rings. The number of aromatic nitrogens is 2. The number of carbonyl (C=O) groups is 1. The van der Waals surface area contributed by atoms with Gasteiger partial charge >= 0.3 is 0 Å². The highest BCUT2D eigenvalue weighted by molar-refractivity contribution is 6.06. The standard InChI is InChI=1S/C17H13N3O2/c1-10-19-15-9-13(3-5-16(15)22-10)20-17(21)12-2-4-14-11(8-12)6-7-18-14/h2-9,18H,1H3,(H,20,21). The maximum Gasteiger partial charge on any atom is 0.255 e. The number of amides is 1. The van der Waals surface area contributed by atoms with E-state index in [1.165, 1.54) is 0 Å². The Bertz CT molecular complexity index is 997. The molecule has 0 unspecified atom stereocenters. The van der Waals surface area contributed by atoms with Crippen LogP contribution in [0.15, 0.2) is 53.1 Å². The third-order valence-electron chi connectivity index (χ3n) is 3.57. The number of benzene rings is 2. The first kappa shape index (κ1) is 12.6. The number of aromatic amines is 1. The quantitative estimate of drug-likeness (QED) is 0.589. The third kappa shape index (κ3) is 2.13. The number of anilines is 1. The molecule has 0 bridgehead atoms. The van der Waals surface area contributed by atoms with Gasteiger partial charge in [-0.25, -0.2) is 4.98 Å². The number of fused-ring (bicyclic) bond motifs is 2. The van der Waals surface area contributed by atoms with Crippen LogP contribution in [-0.2, 0) is 0 Å². The lowest BCUT2D eigenvalue weighted by Crippen LogP contribution is -2.11. The number of rotatable bonds is 2. The summed E-state index contributed by atoms with van der Waals surface area (Å²) < 4.78 is 5.42. The molecule has 2 aromatic heterocycles. The zero-order chi connectivity index (χ0) is 15.1. The molecule has 108 valence electrons. The molecule has 2 N–H and O–H groups in total. The van der Waals surface area contributed by atoms with Crippen molar-refractivity contribution in [2.45, 2.75) is 6.92 Å². The molecule has 0 spiro atoms. The number of carbonyl (C=O) groups excluding carboxylic acids is 1. The summed E-state index contributed by atoms with van der Waals surface area (Å²) in [5.74, 6) is 0.457. The second kappa shape index (κ2) is 4.73. The smallest absolute Gasteiger partial charge is 0.255 e. The Balaban J connectivity index is 1.64. The van der Waals surface area contributed by atoms with E-state index in [1.54, 1.807) is 31.2 Å². The topological polar surface area (TPSA) is 70.9 Å². The van der Waals surface area contributed by atoms with Gasteiger partial charge in [0.05, 0.1) is 0 Å². The van der Waals surface area contributed by atoms with Crippen LogP contribution in [0.5, 0.6) is 0 Å². The highest BCUT2D eigenvalue weighted by Gasteiger charge is 2.09. The second-order valence-electron chi connectivity index (χ2n) is 5.15. The van der Waals surface area contributed by atoms with E-state index in [1.807, 2.05) is 24.4 Å². The lowest BCUT2D eigenvalue weighted by Gasteiger charge is -2.05.